The Morgan fingerprint density at radius 2 is 2.15 bits per heavy atom. The van der Waals surface area contributed by atoms with Gasteiger partial charge in [-0.1, -0.05) is 12.1 Å². The molecule has 4 amide bonds. The molecule has 1 aromatic carbocycles. The summed E-state index contributed by atoms with van der Waals surface area (Å²) in [5, 5.41) is 4.79. The lowest BCUT2D eigenvalue weighted by molar-refractivity contribution is -0.134. The van der Waals surface area contributed by atoms with Gasteiger partial charge in [0.1, 0.15) is 12.6 Å². The van der Waals surface area contributed by atoms with Gasteiger partial charge in [-0.15, -0.1) is 0 Å². The summed E-state index contributed by atoms with van der Waals surface area (Å²) in [6, 6.07) is 4.04. The molecule has 1 fully saturated rings. The molecule has 1 saturated heterocycles. The highest BCUT2D eigenvalue weighted by Crippen LogP contribution is 2.16. The normalized spacial score (nSPS) is 16.9. The predicted octanol–water partition coefficient (Wildman–Crippen LogP) is 0.434. The summed E-state index contributed by atoms with van der Waals surface area (Å²) in [5.41, 5.74) is 6.29. The molecule has 0 bridgehead atoms. The van der Waals surface area contributed by atoms with E-state index in [9.17, 15) is 19.2 Å². The maximum Gasteiger partial charge on any atom is 0.404 e. The highest BCUT2D eigenvalue weighted by Gasteiger charge is 2.28. The Morgan fingerprint density at radius 1 is 1.38 bits per heavy atom. The zero-order chi connectivity index (χ0) is 19.1. The van der Waals surface area contributed by atoms with Crippen molar-refractivity contribution in [2.45, 2.75) is 25.5 Å². The fourth-order valence-corrected chi connectivity index (χ4v) is 2.40. The van der Waals surface area contributed by atoms with Crippen molar-refractivity contribution in [1.82, 2.24) is 10.6 Å². The molecule has 4 N–H and O–H groups in total. The number of nitrogens with one attached hydrogen (secondary N) is 2. The number of imide groups is 1. The molecular formula is C17H19N3O6. The second kappa shape index (κ2) is 8.65. The molecule has 1 aliphatic rings. The molecule has 0 aliphatic carbocycles. The van der Waals surface area contributed by atoms with Gasteiger partial charge in [-0.05, 0) is 29.7 Å². The zero-order valence-electron chi connectivity index (χ0n) is 14.1. The second-order valence-electron chi connectivity index (χ2n) is 5.54. The summed E-state index contributed by atoms with van der Waals surface area (Å²) >= 11 is 0. The van der Waals surface area contributed by atoms with Crippen LogP contribution in [0.15, 0.2) is 24.5 Å². The summed E-state index contributed by atoms with van der Waals surface area (Å²) in [7, 11) is 1.47. The van der Waals surface area contributed by atoms with Gasteiger partial charge >= 0.3 is 6.09 Å². The summed E-state index contributed by atoms with van der Waals surface area (Å²) in [5.74, 6) is -1.41. The van der Waals surface area contributed by atoms with Crippen LogP contribution in [0.2, 0.25) is 0 Å². The van der Waals surface area contributed by atoms with E-state index >= 15 is 0 Å². The van der Waals surface area contributed by atoms with E-state index in [-0.39, 0.29) is 30.9 Å². The van der Waals surface area contributed by atoms with Crippen LogP contribution in [0.4, 0.5) is 4.79 Å². The Morgan fingerprint density at radius 3 is 2.81 bits per heavy atom. The first kappa shape index (κ1) is 19.0. The van der Waals surface area contributed by atoms with Crippen LogP contribution in [0.3, 0.4) is 0 Å². The monoisotopic (exact) mass is 361 g/mol. The Hall–Kier alpha value is -3.36. The molecule has 1 aromatic rings. The molecule has 1 unspecified atom stereocenters. The largest absolute Gasteiger partial charge is 0.504 e. The fraction of sp³-hybridized carbons (Fsp3) is 0.294. The molecule has 9 nitrogen and oxygen atoms in total. The van der Waals surface area contributed by atoms with E-state index in [4.69, 9.17) is 15.2 Å². The lowest BCUT2D eigenvalue weighted by Crippen LogP contribution is -2.52. The molecule has 2 rings (SSSR count). The number of carbonyl (C=O) groups excluding carboxylic acids is 4. The van der Waals surface area contributed by atoms with Gasteiger partial charge in [-0.2, -0.15) is 0 Å². The van der Waals surface area contributed by atoms with Crippen LogP contribution in [-0.2, 0) is 25.7 Å². The number of ether oxygens (including phenoxy) is 2. The van der Waals surface area contributed by atoms with Crippen molar-refractivity contribution in [2.24, 2.45) is 5.73 Å². The van der Waals surface area contributed by atoms with E-state index in [2.05, 4.69) is 10.6 Å². The minimum Gasteiger partial charge on any atom is -0.504 e. The van der Waals surface area contributed by atoms with Gasteiger partial charge in [0, 0.05) is 12.0 Å². The van der Waals surface area contributed by atoms with Gasteiger partial charge in [-0.3, -0.25) is 19.7 Å². The third kappa shape index (κ3) is 5.07. The van der Waals surface area contributed by atoms with Crippen molar-refractivity contribution >= 4 is 29.9 Å². The number of hydrogen-bond acceptors (Lipinski definition) is 6. The first-order valence-electron chi connectivity index (χ1n) is 7.79. The van der Waals surface area contributed by atoms with Gasteiger partial charge in [-0.25, -0.2) is 4.79 Å². The highest BCUT2D eigenvalue weighted by atomic mass is 16.5. The number of benzene rings is 1. The molecule has 1 atom stereocenters. The minimum atomic E-state index is -0.928. The standard InChI is InChI=1S/C17H19N3O6/c1-25-7-6-11-3-2-10(9-26-17(18)24)8-12(11)15(22)19-13-4-5-14(21)20-16(13)23/h2-3,6-8,13H,4-5,9H2,1H3,(H2,18,24)(H,19,22)(H,20,21,23)/b7-6+. The van der Waals surface area contributed by atoms with E-state index in [1.54, 1.807) is 18.2 Å². The van der Waals surface area contributed by atoms with Crippen LogP contribution in [0.1, 0.15) is 34.3 Å². The van der Waals surface area contributed by atoms with Crippen molar-refractivity contribution in [3.63, 3.8) is 0 Å². The average Bonchev–Trinajstić information content (AvgIpc) is 2.60. The van der Waals surface area contributed by atoms with Crippen LogP contribution in [-0.4, -0.2) is 37.0 Å². The number of amides is 4. The van der Waals surface area contributed by atoms with Crippen molar-refractivity contribution in [2.75, 3.05) is 7.11 Å². The quantitative estimate of drug-likeness (QED) is 0.496. The van der Waals surface area contributed by atoms with Crippen molar-refractivity contribution in [1.29, 1.82) is 0 Å². The van der Waals surface area contributed by atoms with Crippen molar-refractivity contribution in [3.05, 3.63) is 41.2 Å². The maximum atomic E-state index is 12.6. The topological polar surface area (TPSA) is 137 Å². The molecule has 0 radical (unpaired) electrons. The first-order valence-corrected chi connectivity index (χ1v) is 7.79. The second-order valence-corrected chi connectivity index (χ2v) is 5.54. The number of hydrogen-bond donors (Lipinski definition) is 3. The van der Waals surface area contributed by atoms with Gasteiger partial charge in [0.2, 0.25) is 11.8 Å². The summed E-state index contributed by atoms with van der Waals surface area (Å²) in [4.78, 5) is 46.4. The number of nitrogens with two attached hydrogens (primary N) is 1. The van der Waals surface area contributed by atoms with E-state index < -0.39 is 23.9 Å². The number of piperidine rings is 1. The van der Waals surface area contributed by atoms with Crippen LogP contribution in [0, 0.1) is 0 Å². The predicted molar refractivity (Wildman–Crippen MR) is 90.5 cm³/mol. The van der Waals surface area contributed by atoms with Gasteiger partial charge < -0.3 is 20.5 Å². The number of carbonyl (C=O) groups is 4. The third-order valence-corrected chi connectivity index (χ3v) is 3.67. The van der Waals surface area contributed by atoms with Crippen LogP contribution in [0.25, 0.3) is 6.08 Å². The van der Waals surface area contributed by atoms with Crippen LogP contribution >= 0.6 is 0 Å². The Labute approximate surface area is 149 Å². The first-order chi connectivity index (χ1) is 12.4. The van der Waals surface area contributed by atoms with Gasteiger partial charge in [0.25, 0.3) is 5.91 Å². The summed E-state index contributed by atoms with van der Waals surface area (Å²) in [6.45, 7) is -0.0949. The molecule has 26 heavy (non-hydrogen) atoms. The molecule has 138 valence electrons. The van der Waals surface area contributed by atoms with Crippen molar-refractivity contribution in [3.8, 4) is 0 Å². The highest BCUT2D eigenvalue weighted by molar-refractivity contribution is 6.04. The molecule has 0 saturated carbocycles. The van der Waals surface area contributed by atoms with Crippen LogP contribution in [0.5, 0.6) is 0 Å². The molecule has 1 aliphatic heterocycles. The summed E-state index contributed by atoms with van der Waals surface area (Å²) in [6.07, 6.45) is 2.43. The lowest BCUT2D eigenvalue weighted by atomic mass is 10.0. The van der Waals surface area contributed by atoms with E-state index in [0.29, 0.717) is 11.1 Å². The lowest BCUT2D eigenvalue weighted by Gasteiger charge is -2.22. The number of primary amides is 1. The molecule has 1 heterocycles. The minimum absolute atomic E-state index is 0.0949. The van der Waals surface area contributed by atoms with E-state index in [0.717, 1.165) is 0 Å². The molecule has 0 aromatic heterocycles. The zero-order valence-corrected chi connectivity index (χ0v) is 14.1. The van der Waals surface area contributed by atoms with E-state index in [1.807, 2.05) is 0 Å². The Kier molecular flexibility index (Phi) is 6.31. The Bertz CT molecular complexity index is 759. The van der Waals surface area contributed by atoms with Gasteiger partial charge in [0.05, 0.1) is 13.4 Å². The maximum absolute atomic E-state index is 12.6. The number of methoxy groups -OCH3 is 1. The number of rotatable bonds is 6. The summed E-state index contributed by atoms with van der Waals surface area (Å²) < 4.78 is 9.59. The fourth-order valence-electron chi connectivity index (χ4n) is 2.40. The van der Waals surface area contributed by atoms with Gasteiger partial charge in [0.15, 0.2) is 0 Å². The van der Waals surface area contributed by atoms with Crippen molar-refractivity contribution < 1.29 is 28.7 Å². The smallest absolute Gasteiger partial charge is 0.404 e. The molecule has 9 heteroatoms. The SMILES string of the molecule is CO/C=C/c1ccc(COC(N)=O)cc1C(=O)NC1CCC(=O)NC1=O. The van der Waals surface area contributed by atoms with E-state index in [1.165, 1.54) is 19.4 Å². The molecular weight excluding hydrogens is 342 g/mol. The molecule has 0 spiro atoms. The average molecular weight is 361 g/mol. The Balaban J connectivity index is 2.22. The van der Waals surface area contributed by atoms with Crippen LogP contribution < -0.4 is 16.4 Å². The third-order valence-electron chi connectivity index (χ3n) is 3.67.